The fourth-order valence-electron chi connectivity index (χ4n) is 8.86. The minimum absolute atomic E-state index is 0.0528. The maximum absolute atomic E-state index is 7.47. The molecule has 238 valence electrons. The van der Waals surface area contributed by atoms with E-state index in [2.05, 4.69) is 140 Å². The third-order valence-corrected chi connectivity index (χ3v) is 21.7. The Balaban J connectivity index is 1.35. The van der Waals surface area contributed by atoms with Crippen LogP contribution < -0.4 is 10.4 Å². The van der Waals surface area contributed by atoms with E-state index in [0.717, 1.165) is 12.8 Å². The number of allylic oxidation sites excluding steroid dienone is 1. The lowest BCUT2D eigenvalue weighted by molar-refractivity contribution is 0.0503. The Hall–Kier alpha value is -2.00. The minimum Gasteiger partial charge on any atom is -0.414 e. The first-order valence-electron chi connectivity index (χ1n) is 16.9. The second kappa shape index (κ2) is 11.1. The average Bonchev–Trinajstić information content (AvgIpc) is 3.31. The van der Waals surface area contributed by atoms with Gasteiger partial charge >= 0.3 is 0 Å². The van der Waals surface area contributed by atoms with Gasteiger partial charge in [0.15, 0.2) is 8.32 Å². The predicted molar refractivity (Wildman–Crippen MR) is 188 cm³/mol. The Morgan fingerprint density at radius 2 is 1.45 bits per heavy atom. The highest BCUT2D eigenvalue weighted by Gasteiger charge is 2.69. The average molecular weight is 630 g/mol. The molecule has 0 spiro atoms. The highest BCUT2D eigenvalue weighted by molar-refractivity contribution is 6.99. The topological polar surface area (TPSA) is 40.0 Å². The Labute approximate surface area is 268 Å². The SMILES string of the molecule is CC1(C)[C@H]2[C@@H]3C=C(CO[Si](c4ccccc4)(c4ccccc4)C(C)(C)C)CC4=NOC[C@H]4[C@H]3C[C@H](O[Si](C)(C)C(C)(C)C)[C@H]21. The molecule has 2 fully saturated rings. The summed E-state index contributed by atoms with van der Waals surface area (Å²) in [4.78, 5) is 5.87. The van der Waals surface area contributed by atoms with Crippen molar-refractivity contribution in [3.63, 3.8) is 0 Å². The van der Waals surface area contributed by atoms with E-state index in [1.54, 1.807) is 0 Å². The van der Waals surface area contributed by atoms with Crippen molar-refractivity contribution in [2.24, 2.45) is 40.2 Å². The van der Waals surface area contributed by atoms with E-state index in [0.29, 0.717) is 48.9 Å². The van der Waals surface area contributed by atoms with Crippen LogP contribution >= 0.6 is 0 Å². The van der Waals surface area contributed by atoms with Crippen molar-refractivity contribution >= 4 is 32.7 Å². The van der Waals surface area contributed by atoms with Gasteiger partial charge in [-0.2, -0.15) is 0 Å². The van der Waals surface area contributed by atoms with Gasteiger partial charge in [-0.05, 0) is 74.6 Å². The highest BCUT2D eigenvalue weighted by Crippen LogP contribution is 2.70. The number of nitrogens with zero attached hydrogens (tertiary/aromatic N) is 1. The lowest BCUT2D eigenvalue weighted by Crippen LogP contribution is -2.66. The van der Waals surface area contributed by atoms with E-state index < -0.39 is 16.6 Å². The molecule has 0 amide bonds. The summed E-state index contributed by atoms with van der Waals surface area (Å²) < 4.78 is 14.7. The number of hydrogen-bond donors (Lipinski definition) is 0. The molecule has 0 N–H and O–H groups in total. The summed E-state index contributed by atoms with van der Waals surface area (Å²) in [7, 11) is -4.54. The van der Waals surface area contributed by atoms with Gasteiger partial charge < -0.3 is 13.7 Å². The van der Waals surface area contributed by atoms with Crippen molar-refractivity contribution in [2.45, 2.75) is 97.5 Å². The summed E-state index contributed by atoms with van der Waals surface area (Å²) in [6.45, 7) is 25.3. The Morgan fingerprint density at radius 1 is 0.864 bits per heavy atom. The molecule has 3 aliphatic carbocycles. The highest BCUT2D eigenvalue weighted by atomic mass is 28.4. The molecule has 2 saturated carbocycles. The summed E-state index contributed by atoms with van der Waals surface area (Å²) >= 11 is 0. The zero-order valence-corrected chi connectivity index (χ0v) is 30.8. The Morgan fingerprint density at radius 3 is 2.00 bits per heavy atom. The normalized spacial score (nSPS) is 29.8. The van der Waals surface area contributed by atoms with E-state index in [1.165, 1.54) is 21.7 Å². The first kappa shape index (κ1) is 32.0. The molecule has 2 aromatic carbocycles. The van der Waals surface area contributed by atoms with Crippen LogP contribution in [0.4, 0.5) is 0 Å². The van der Waals surface area contributed by atoms with Crippen molar-refractivity contribution in [1.29, 1.82) is 0 Å². The lowest BCUT2D eigenvalue weighted by Gasteiger charge is -2.44. The molecule has 1 aliphatic heterocycles. The van der Waals surface area contributed by atoms with Gasteiger partial charge in [0.1, 0.15) is 6.61 Å². The van der Waals surface area contributed by atoms with Gasteiger partial charge in [0.25, 0.3) is 8.32 Å². The minimum atomic E-state index is -2.64. The van der Waals surface area contributed by atoms with E-state index in [1.807, 2.05) is 0 Å². The summed E-state index contributed by atoms with van der Waals surface area (Å²) in [5.74, 6) is 2.60. The van der Waals surface area contributed by atoms with Gasteiger partial charge in [0.2, 0.25) is 0 Å². The summed E-state index contributed by atoms with van der Waals surface area (Å²) in [6.07, 6.45) is 4.93. The van der Waals surface area contributed by atoms with E-state index >= 15 is 0 Å². The molecule has 4 nitrogen and oxygen atoms in total. The zero-order valence-electron chi connectivity index (χ0n) is 28.8. The van der Waals surface area contributed by atoms with Gasteiger partial charge in [-0.1, -0.05) is 127 Å². The number of rotatable bonds is 7. The molecule has 0 saturated heterocycles. The van der Waals surface area contributed by atoms with E-state index in [9.17, 15) is 0 Å². The largest absolute Gasteiger partial charge is 0.414 e. The number of oxime groups is 1. The molecule has 44 heavy (non-hydrogen) atoms. The van der Waals surface area contributed by atoms with Gasteiger partial charge in [-0.15, -0.1) is 0 Å². The molecule has 0 bridgehead atoms. The van der Waals surface area contributed by atoms with Crippen LogP contribution in [0, 0.1) is 35.0 Å². The van der Waals surface area contributed by atoms with Gasteiger partial charge in [0, 0.05) is 18.4 Å². The Bertz CT molecular complexity index is 1360. The quantitative estimate of drug-likeness (QED) is 0.229. The first-order chi connectivity index (χ1) is 20.6. The molecule has 4 aliphatic rings. The third kappa shape index (κ3) is 5.32. The van der Waals surface area contributed by atoms with Crippen molar-refractivity contribution < 1.29 is 13.7 Å². The van der Waals surface area contributed by atoms with Crippen LogP contribution in [0.5, 0.6) is 0 Å². The standard InChI is InChI=1S/C38H55NO3Si2/c1-36(2,3)43(9,10)42-33-23-29-30(34-35(33)38(34,7)8)21-26(22-32-31(29)25-40-39-32)24-41-44(37(4,5)6,27-17-13-11-14-18-27)28-19-15-12-16-20-28/h11-21,29-31,33-35H,22-25H2,1-10H3/t29-,30+,31-,33-,34-,35+/m0/s1. The number of benzene rings is 2. The fraction of sp³-hybridized carbons (Fsp3) is 0.605. The molecule has 2 aromatic rings. The predicted octanol–water partition coefficient (Wildman–Crippen LogP) is 8.19. The maximum atomic E-state index is 7.47. The molecule has 6 rings (SSSR count). The second-order valence-corrected chi connectivity index (χ2v) is 26.3. The van der Waals surface area contributed by atoms with Gasteiger partial charge in [0.05, 0.1) is 12.3 Å². The van der Waals surface area contributed by atoms with Crippen molar-refractivity contribution in [1.82, 2.24) is 0 Å². The summed E-state index contributed by atoms with van der Waals surface area (Å²) in [5.41, 5.74) is 2.87. The first-order valence-corrected chi connectivity index (χ1v) is 21.7. The van der Waals surface area contributed by atoms with Crippen LogP contribution in [0.2, 0.25) is 23.2 Å². The molecule has 0 unspecified atom stereocenters. The number of hydrogen-bond acceptors (Lipinski definition) is 4. The third-order valence-electron chi connectivity index (χ3n) is 12.2. The van der Waals surface area contributed by atoms with Crippen LogP contribution in [-0.2, 0) is 13.7 Å². The van der Waals surface area contributed by atoms with Crippen LogP contribution in [0.25, 0.3) is 0 Å². The fourth-order valence-corrected chi connectivity index (χ4v) is 14.8. The monoisotopic (exact) mass is 629 g/mol. The van der Waals surface area contributed by atoms with E-state index in [-0.39, 0.29) is 15.5 Å². The summed E-state index contributed by atoms with van der Waals surface area (Å²) in [6, 6.07) is 22.0. The second-order valence-electron chi connectivity index (χ2n) is 17.2. The van der Waals surface area contributed by atoms with Crippen molar-refractivity contribution in [2.75, 3.05) is 13.2 Å². The molecule has 0 aromatic heterocycles. The maximum Gasteiger partial charge on any atom is 0.261 e. The van der Waals surface area contributed by atoms with Crippen LogP contribution in [0.3, 0.4) is 0 Å². The Kier molecular flexibility index (Phi) is 8.04. The van der Waals surface area contributed by atoms with Crippen molar-refractivity contribution in [3.8, 4) is 0 Å². The smallest absolute Gasteiger partial charge is 0.261 e. The molecule has 6 atom stereocenters. The van der Waals surface area contributed by atoms with Crippen LogP contribution in [0.1, 0.15) is 68.2 Å². The van der Waals surface area contributed by atoms with Crippen molar-refractivity contribution in [3.05, 3.63) is 72.3 Å². The number of fused-ring (bicyclic) bond motifs is 5. The van der Waals surface area contributed by atoms with Gasteiger partial charge in [-0.25, -0.2) is 0 Å². The molecule has 0 radical (unpaired) electrons. The lowest BCUT2D eigenvalue weighted by atomic mass is 9.71. The molecular weight excluding hydrogens is 575 g/mol. The van der Waals surface area contributed by atoms with Gasteiger partial charge in [-0.3, -0.25) is 0 Å². The summed E-state index contributed by atoms with van der Waals surface area (Å²) in [5, 5.41) is 7.49. The molecule has 1 heterocycles. The molecular formula is C38H55NO3Si2. The van der Waals surface area contributed by atoms with E-state index in [4.69, 9.17) is 13.7 Å². The molecule has 6 heteroatoms. The van der Waals surface area contributed by atoms with Crippen LogP contribution in [0.15, 0.2) is 77.5 Å². The van der Waals surface area contributed by atoms with Crippen LogP contribution in [-0.4, -0.2) is 41.7 Å². The zero-order chi connectivity index (χ0) is 31.7.